The van der Waals surface area contributed by atoms with E-state index in [1.54, 1.807) is 0 Å². The lowest BCUT2D eigenvalue weighted by molar-refractivity contribution is 0.304. The molecule has 1 aliphatic heterocycles. The summed E-state index contributed by atoms with van der Waals surface area (Å²) >= 11 is 0. The Kier molecular flexibility index (Phi) is 3.08. The molecule has 0 saturated carbocycles. The third-order valence-electron chi connectivity index (χ3n) is 3.43. The molecule has 15 heavy (non-hydrogen) atoms. The highest BCUT2D eigenvalue weighted by Gasteiger charge is 2.29. The number of benzene rings is 1. The Morgan fingerprint density at radius 3 is 2.47 bits per heavy atom. The van der Waals surface area contributed by atoms with Gasteiger partial charge in [0.25, 0.3) is 0 Å². The molecule has 1 aromatic rings. The van der Waals surface area contributed by atoms with Crippen LogP contribution in [0.4, 0.5) is 0 Å². The zero-order chi connectivity index (χ0) is 10.8. The highest BCUT2D eigenvalue weighted by Crippen LogP contribution is 2.29. The summed E-state index contributed by atoms with van der Waals surface area (Å²) in [7, 11) is 2.16. The molecule has 2 N–H and O–H groups in total. The van der Waals surface area contributed by atoms with Gasteiger partial charge in [-0.25, -0.2) is 0 Å². The van der Waals surface area contributed by atoms with Gasteiger partial charge in [-0.05, 0) is 31.0 Å². The van der Waals surface area contributed by atoms with Gasteiger partial charge < -0.3 is 5.73 Å². The van der Waals surface area contributed by atoms with Crippen LogP contribution >= 0.6 is 0 Å². The van der Waals surface area contributed by atoms with Crippen LogP contribution in [-0.2, 0) is 6.42 Å². The van der Waals surface area contributed by atoms with E-state index < -0.39 is 0 Å². The van der Waals surface area contributed by atoms with Crippen LogP contribution in [0.2, 0.25) is 0 Å². The smallest absolute Gasteiger partial charge is 0.0496 e. The standard InChI is InChI=1S/C13H20N2/c1-3-10-4-6-11(7-5-10)13-12(14)8-9-15(13)2/h4-7,12-13H,3,8-9,14H2,1-2H3. The maximum Gasteiger partial charge on any atom is 0.0496 e. The van der Waals surface area contributed by atoms with Gasteiger partial charge in [0.1, 0.15) is 0 Å². The Bertz CT molecular complexity index is 308. The van der Waals surface area contributed by atoms with Gasteiger partial charge in [-0.15, -0.1) is 0 Å². The molecule has 1 heterocycles. The second-order valence-electron chi connectivity index (χ2n) is 4.47. The fourth-order valence-corrected chi connectivity index (χ4v) is 2.43. The largest absolute Gasteiger partial charge is 0.326 e. The van der Waals surface area contributed by atoms with Gasteiger partial charge in [0.15, 0.2) is 0 Å². The van der Waals surface area contributed by atoms with Gasteiger partial charge in [-0.2, -0.15) is 0 Å². The van der Waals surface area contributed by atoms with E-state index in [1.165, 1.54) is 11.1 Å². The van der Waals surface area contributed by atoms with Crippen LogP contribution in [-0.4, -0.2) is 24.5 Å². The van der Waals surface area contributed by atoms with Gasteiger partial charge in [-0.3, -0.25) is 4.90 Å². The fraction of sp³-hybridized carbons (Fsp3) is 0.538. The van der Waals surface area contributed by atoms with Crippen molar-refractivity contribution < 1.29 is 0 Å². The van der Waals surface area contributed by atoms with Gasteiger partial charge in [-0.1, -0.05) is 31.2 Å². The second-order valence-corrected chi connectivity index (χ2v) is 4.47. The van der Waals surface area contributed by atoms with E-state index in [2.05, 4.69) is 43.1 Å². The average Bonchev–Trinajstić information content (AvgIpc) is 2.59. The third-order valence-corrected chi connectivity index (χ3v) is 3.43. The van der Waals surface area contributed by atoms with Crippen LogP contribution in [0.5, 0.6) is 0 Å². The molecule has 0 radical (unpaired) electrons. The minimum atomic E-state index is 0.294. The third kappa shape index (κ3) is 2.06. The van der Waals surface area contributed by atoms with E-state index in [4.69, 9.17) is 5.73 Å². The van der Waals surface area contributed by atoms with Gasteiger partial charge >= 0.3 is 0 Å². The van der Waals surface area contributed by atoms with E-state index in [9.17, 15) is 0 Å². The van der Waals surface area contributed by atoms with Crippen molar-refractivity contribution in [2.45, 2.75) is 31.8 Å². The Morgan fingerprint density at radius 2 is 2.00 bits per heavy atom. The minimum absolute atomic E-state index is 0.294. The summed E-state index contributed by atoms with van der Waals surface area (Å²) in [5.74, 6) is 0. The number of hydrogen-bond donors (Lipinski definition) is 1. The maximum absolute atomic E-state index is 6.13. The number of rotatable bonds is 2. The average molecular weight is 204 g/mol. The molecular formula is C13H20N2. The second kappa shape index (κ2) is 4.33. The lowest BCUT2D eigenvalue weighted by Crippen LogP contribution is -2.29. The number of nitrogens with zero attached hydrogens (tertiary/aromatic N) is 1. The van der Waals surface area contributed by atoms with E-state index in [0.29, 0.717) is 12.1 Å². The lowest BCUT2D eigenvalue weighted by Gasteiger charge is -2.23. The van der Waals surface area contributed by atoms with Crippen molar-refractivity contribution in [2.24, 2.45) is 5.73 Å². The zero-order valence-electron chi connectivity index (χ0n) is 9.61. The Morgan fingerprint density at radius 1 is 1.33 bits per heavy atom. The van der Waals surface area contributed by atoms with Gasteiger partial charge in [0.05, 0.1) is 0 Å². The van der Waals surface area contributed by atoms with E-state index in [-0.39, 0.29) is 0 Å². The van der Waals surface area contributed by atoms with Crippen molar-refractivity contribution in [2.75, 3.05) is 13.6 Å². The van der Waals surface area contributed by atoms with Crippen LogP contribution < -0.4 is 5.73 Å². The molecule has 82 valence electrons. The molecule has 2 unspecified atom stereocenters. The first-order valence-electron chi connectivity index (χ1n) is 5.77. The van der Waals surface area contributed by atoms with Crippen LogP contribution in [0.15, 0.2) is 24.3 Å². The SMILES string of the molecule is CCc1ccc(C2C(N)CCN2C)cc1. The minimum Gasteiger partial charge on any atom is -0.326 e. The Balaban J connectivity index is 2.21. The van der Waals surface area contributed by atoms with Crippen LogP contribution in [0, 0.1) is 0 Å². The molecule has 1 fully saturated rings. The maximum atomic E-state index is 6.13. The zero-order valence-corrected chi connectivity index (χ0v) is 9.61. The number of likely N-dealkylation sites (tertiary alicyclic amines) is 1. The Hall–Kier alpha value is -0.860. The highest BCUT2D eigenvalue weighted by molar-refractivity contribution is 5.27. The van der Waals surface area contributed by atoms with Gasteiger partial charge in [0.2, 0.25) is 0 Å². The Labute approximate surface area is 92.1 Å². The molecule has 1 aliphatic rings. The summed E-state index contributed by atoms with van der Waals surface area (Å²) in [6.07, 6.45) is 2.21. The first kappa shape index (κ1) is 10.7. The van der Waals surface area contributed by atoms with Crippen molar-refractivity contribution in [3.8, 4) is 0 Å². The molecule has 2 rings (SSSR count). The normalized spacial score (nSPS) is 27.1. The molecular weight excluding hydrogens is 184 g/mol. The summed E-state index contributed by atoms with van der Waals surface area (Å²) in [6.45, 7) is 3.30. The molecule has 2 nitrogen and oxygen atoms in total. The summed E-state index contributed by atoms with van der Waals surface area (Å²) < 4.78 is 0. The number of nitrogens with two attached hydrogens (primary N) is 1. The highest BCUT2D eigenvalue weighted by atomic mass is 15.2. The monoisotopic (exact) mass is 204 g/mol. The van der Waals surface area contributed by atoms with E-state index >= 15 is 0 Å². The van der Waals surface area contributed by atoms with Crippen molar-refractivity contribution in [3.05, 3.63) is 35.4 Å². The molecule has 2 heteroatoms. The number of aryl methyl sites for hydroxylation is 1. The molecule has 0 aromatic heterocycles. The number of hydrogen-bond acceptors (Lipinski definition) is 2. The molecule has 2 atom stereocenters. The molecule has 0 amide bonds. The summed E-state index contributed by atoms with van der Waals surface area (Å²) in [5, 5.41) is 0. The molecule has 0 spiro atoms. The van der Waals surface area contributed by atoms with Crippen molar-refractivity contribution >= 4 is 0 Å². The van der Waals surface area contributed by atoms with Crippen molar-refractivity contribution in [1.82, 2.24) is 4.90 Å². The predicted molar refractivity (Wildman–Crippen MR) is 63.8 cm³/mol. The molecule has 0 aliphatic carbocycles. The van der Waals surface area contributed by atoms with E-state index in [1.807, 2.05) is 0 Å². The van der Waals surface area contributed by atoms with Crippen molar-refractivity contribution in [3.63, 3.8) is 0 Å². The van der Waals surface area contributed by atoms with E-state index in [0.717, 1.165) is 19.4 Å². The first-order chi connectivity index (χ1) is 7.22. The lowest BCUT2D eigenvalue weighted by atomic mass is 9.99. The molecule has 1 saturated heterocycles. The van der Waals surface area contributed by atoms with Crippen LogP contribution in [0.25, 0.3) is 0 Å². The van der Waals surface area contributed by atoms with Crippen molar-refractivity contribution in [1.29, 1.82) is 0 Å². The summed E-state index contributed by atoms with van der Waals surface area (Å²) in [4.78, 5) is 2.35. The number of likely N-dealkylation sites (N-methyl/N-ethyl adjacent to an activating group) is 1. The van der Waals surface area contributed by atoms with Crippen LogP contribution in [0.1, 0.15) is 30.5 Å². The summed E-state index contributed by atoms with van der Waals surface area (Å²) in [6, 6.07) is 9.59. The quantitative estimate of drug-likeness (QED) is 0.798. The fourth-order valence-electron chi connectivity index (χ4n) is 2.43. The summed E-state index contributed by atoms with van der Waals surface area (Å²) in [5.41, 5.74) is 8.89. The van der Waals surface area contributed by atoms with Crippen LogP contribution in [0.3, 0.4) is 0 Å². The molecule has 0 bridgehead atoms. The first-order valence-corrected chi connectivity index (χ1v) is 5.77. The van der Waals surface area contributed by atoms with Gasteiger partial charge in [0, 0.05) is 18.6 Å². The molecule has 1 aromatic carbocycles. The topological polar surface area (TPSA) is 29.3 Å². The predicted octanol–water partition coefficient (Wildman–Crippen LogP) is 1.95.